The Balaban J connectivity index is 1.78. The molecule has 7 rings (SSSR count). The molecule has 0 aliphatic heterocycles. The maximum atomic E-state index is 2.34. The van der Waals surface area contributed by atoms with Crippen LogP contribution in [0.4, 0.5) is 0 Å². The molecule has 0 fully saturated rings. The predicted octanol–water partition coefficient (Wildman–Crippen LogP) is 6.10. The summed E-state index contributed by atoms with van der Waals surface area (Å²) >= 11 is 0. The van der Waals surface area contributed by atoms with Crippen molar-refractivity contribution in [2.24, 2.45) is 0 Å². The number of fused-ring (bicyclic) bond motifs is 2. The van der Waals surface area contributed by atoms with Crippen LogP contribution in [0.15, 0.2) is 73.3 Å². The first-order chi connectivity index (χ1) is 14.8. The Labute approximate surface area is 174 Å². The van der Waals surface area contributed by atoms with Gasteiger partial charge in [-0.05, 0) is 70.4 Å². The number of aromatic nitrogens is 2. The monoisotopic (exact) mass is 386 g/mol. The maximum absolute atomic E-state index is 2.34. The molecule has 0 N–H and O–H groups in total. The van der Waals surface area contributed by atoms with Crippen molar-refractivity contribution >= 4 is 64.6 Å². The molecule has 0 saturated heterocycles. The minimum Gasteiger partial charge on any atom is -0.204 e. The average molecular weight is 386 g/mol. The van der Waals surface area contributed by atoms with Crippen molar-refractivity contribution in [3.63, 3.8) is 0 Å². The van der Waals surface area contributed by atoms with Crippen molar-refractivity contribution < 1.29 is 9.13 Å². The number of rotatable bonds is 2. The van der Waals surface area contributed by atoms with E-state index in [0.717, 1.165) is 13.1 Å². The fraction of sp³-hybridized carbons (Fsp3) is 0.143. The van der Waals surface area contributed by atoms with E-state index in [9.17, 15) is 0 Å². The van der Waals surface area contributed by atoms with Crippen LogP contribution in [0, 0.1) is 0 Å². The van der Waals surface area contributed by atoms with Crippen LogP contribution in [-0.2, 0) is 13.1 Å². The summed E-state index contributed by atoms with van der Waals surface area (Å²) in [6, 6.07) is 18.6. The largest absolute Gasteiger partial charge is 0.204 e. The second kappa shape index (κ2) is 5.54. The van der Waals surface area contributed by atoms with Crippen molar-refractivity contribution in [3.05, 3.63) is 73.3 Å². The number of pyridine rings is 2. The van der Waals surface area contributed by atoms with Crippen molar-refractivity contribution in [2.45, 2.75) is 26.9 Å². The third-order valence-corrected chi connectivity index (χ3v) is 6.98. The van der Waals surface area contributed by atoms with Gasteiger partial charge in [0.25, 0.3) is 0 Å². The van der Waals surface area contributed by atoms with Crippen molar-refractivity contribution in [1.82, 2.24) is 0 Å². The number of benzene rings is 5. The highest BCUT2D eigenvalue weighted by molar-refractivity contribution is 6.39. The van der Waals surface area contributed by atoms with Gasteiger partial charge in [-0.1, -0.05) is 24.3 Å². The second-order valence-corrected chi connectivity index (χ2v) is 8.49. The van der Waals surface area contributed by atoms with E-state index in [-0.39, 0.29) is 0 Å². The molecule has 30 heavy (non-hydrogen) atoms. The van der Waals surface area contributed by atoms with Crippen LogP contribution >= 0.6 is 0 Å². The zero-order chi connectivity index (χ0) is 20.0. The van der Waals surface area contributed by atoms with E-state index in [0.29, 0.717) is 0 Å². The van der Waals surface area contributed by atoms with Crippen LogP contribution < -0.4 is 9.13 Å². The summed E-state index contributed by atoms with van der Waals surface area (Å²) in [6.45, 7) is 6.37. The quantitative estimate of drug-likeness (QED) is 0.193. The summed E-state index contributed by atoms with van der Waals surface area (Å²) in [5.74, 6) is 0. The molecule has 0 amide bonds. The molecule has 0 radical (unpaired) electrons. The molecular formula is C28H22N2+2. The molecule has 0 spiro atoms. The molecule has 2 heteroatoms. The maximum Gasteiger partial charge on any atom is 0.176 e. The van der Waals surface area contributed by atoms with Crippen LogP contribution in [0.1, 0.15) is 13.8 Å². The molecule has 0 saturated carbocycles. The summed E-state index contributed by atoms with van der Waals surface area (Å²) in [5.41, 5.74) is 0. The highest BCUT2D eigenvalue weighted by Crippen LogP contribution is 2.44. The Morgan fingerprint density at radius 2 is 0.733 bits per heavy atom. The van der Waals surface area contributed by atoms with E-state index < -0.39 is 0 Å². The third-order valence-electron chi connectivity index (χ3n) is 6.98. The van der Waals surface area contributed by atoms with Gasteiger partial charge in [0.2, 0.25) is 0 Å². The van der Waals surface area contributed by atoms with Crippen LogP contribution in [-0.4, -0.2) is 0 Å². The molecule has 2 heterocycles. The molecule has 0 aliphatic carbocycles. The van der Waals surface area contributed by atoms with Gasteiger partial charge < -0.3 is 0 Å². The predicted molar refractivity (Wildman–Crippen MR) is 126 cm³/mol. The number of hydrogen-bond donors (Lipinski definition) is 0. The van der Waals surface area contributed by atoms with E-state index in [1.165, 1.54) is 64.6 Å². The number of aryl methyl sites for hydroxylation is 2. The summed E-state index contributed by atoms with van der Waals surface area (Å²) in [7, 11) is 0. The minimum atomic E-state index is 0.986. The van der Waals surface area contributed by atoms with Gasteiger partial charge in [-0.3, -0.25) is 0 Å². The highest BCUT2D eigenvalue weighted by atomic mass is 14.9. The van der Waals surface area contributed by atoms with Gasteiger partial charge in [0, 0.05) is 32.3 Å². The van der Waals surface area contributed by atoms with Crippen LogP contribution in [0.2, 0.25) is 0 Å². The van der Waals surface area contributed by atoms with Gasteiger partial charge in [-0.25, -0.2) is 9.13 Å². The highest BCUT2D eigenvalue weighted by Gasteiger charge is 2.19. The minimum absolute atomic E-state index is 0.986. The number of nitrogens with zero attached hydrogens (tertiary/aromatic N) is 2. The normalized spacial score (nSPS) is 12.6. The average Bonchev–Trinajstić information content (AvgIpc) is 2.80. The zero-order valence-corrected chi connectivity index (χ0v) is 17.2. The fourth-order valence-corrected chi connectivity index (χ4v) is 5.58. The van der Waals surface area contributed by atoms with Gasteiger partial charge in [0.1, 0.15) is 13.1 Å². The van der Waals surface area contributed by atoms with Crippen molar-refractivity contribution in [1.29, 1.82) is 0 Å². The van der Waals surface area contributed by atoms with E-state index in [4.69, 9.17) is 0 Å². The lowest BCUT2D eigenvalue weighted by Gasteiger charge is -2.17. The van der Waals surface area contributed by atoms with Crippen molar-refractivity contribution in [3.8, 4) is 0 Å². The molecule has 7 aromatic rings. The standard InChI is InChI=1S/C28H22N2/c1-3-29-13-17-5-9-21-23-11-7-19-15-30(4-2)16-20-8-12-24(28(23)26(19)20)22-10-6-18(14-29)25(17)27(21)22/h5-16H,3-4H2,1-2H3/q+2. The zero-order valence-electron chi connectivity index (χ0n) is 17.2. The van der Waals surface area contributed by atoms with E-state index >= 15 is 0 Å². The Morgan fingerprint density at radius 3 is 1.00 bits per heavy atom. The topological polar surface area (TPSA) is 7.76 Å². The number of hydrogen-bond acceptors (Lipinski definition) is 0. The van der Waals surface area contributed by atoms with Gasteiger partial charge in [-0.2, -0.15) is 0 Å². The van der Waals surface area contributed by atoms with E-state index in [2.05, 4.69) is 96.3 Å². The van der Waals surface area contributed by atoms with Gasteiger partial charge in [0.15, 0.2) is 24.8 Å². The SMILES string of the molecule is CC[n+]1cc2ccc3c4ccc5c[n+](CC)cc6ccc(c7ccc(c1)c2c37)c4c56. The second-order valence-electron chi connectivity index (χ2n) is 8.49. The van der Waals surface area contributed by atoms with Gasteiger partial charge >= 0.3 is 0 Å². The summed E-state index contributed by atoms with van der Waals surface area (Å²) < 4.78 is 4.57. The Kier molecular flexibility index (Phi) is 3.01. The Bertz CT molecular complexity index is 1510. The molecule has 0 atom stereocenters. The lowest BCUT2D eigenvalue weighted by molar-refractivity contribution is -0.691. The first kappa shape index (κ1) is 16.3. The summed E-state index contributed by atoms with van der Waals surface area (Å²) in [5, 5.41) is 16.4. The summed E-state index contributed by atoms with van der Waals surface area (Å²) in [6.07, 6.45) is 9.15. The lowest BCUT2D eigenvalue weighted by Crippen LogP contribution is -2.31. The molecule has 142 valence electrons. The summed E-state index contributed by atoms with van der Waals surface area (Å²) in [4.78, 5) is 0. The molecular weight excluding hydrogens is 364 g/mol. The first-order valence-corrected chi connectivity index (χ1v) is 10.9. The van der Waals surface area contributed by atoms with Crippen LogP contribution in [0.5, 0.6) is 0 Å². The van der Waals surface area contributed by atoms with E-state index in [1.54, 1.807) is 0 Å². The Hall–Kier alpha value is -3.52. The van der Waals surface area contributed by atoms with Gasteiger partial charge in [0.05, 0.1) is 0 Å². The molecule has 5 aromatic carbocycles. The van der Waals surface area contributed by atoms with Crippen molar-refractivity contribution in [2.75, 3.05) is 0 Å². The fourth-order valence-electron chi connectivity index (χ4n) is 5.58. The van der Waals surface area contributed by atoms with Crippen LogP contribution in [0.3, 0.4) is 0 Å². The first-order valence-electron chi connectivity index (χ1n) is 10.9. The molecule has 0 unspecified atom stereocenters. The molecule has 0 bridgehead atoms. The van der Waals surface area contributed by atoms with Crippen LogP contribution in [0.25, 0.3) is 64.6 Å². The lowest BCUT2D eigenvalue weighted by atomic mass is 9.86. The molecule has 0 aliphatic rings. The smallest absolute Gasteiger partial charge is 0.176 e. The van der Waals surface area contributed by atoms with E-state index in [1.807, 2.05) is 0 Å². The molecule has 2 nitrogen and oxygen atoms in total. The van der Waals surface area contributed by atoms with Gasteiger partial charge in [-0.15, -0.1) is 0 Å². The Morgan fingerprint density at radius 1 is 0.433 bits per heavy atom. The molecule has 2 aromatic heterocycles. The third kappa shape index (κ3) is 1.89.